The summed E-state index contributed by atoms with van der Waals surface area (Å²) in [5.74, 6) is -1.50. The summed E-state index contributed by atoms with van der Waals surface area (Å²) >= 11 is 1.50. The van der Waals surface area contributed by atoms with Crippen LogP contribution in [0.4, 0.5) is 0 Å². The van der Waals surface area contributed by atoms with Crippen LogP contribution >= 0.6 is 11.3 Å². The van der Waals surface area contributed by atoms with Gasteiger partial charge < -0.3 is 20.4 Å². The summed E-state index contributed by atoms with van der Waals surface area (Å²) in [5, 5.41) is 26.2. The normalized spacial score (nSPS) is 16.4. The number of hydrogen-bond acceptors (Lipinski definition) is 7. The Hall–Kier alpha value is -3.40. The lowest BCUT2D eigenvalue weighted by Gasteiger charge is -2.41. The van der Waals surface area contributed by atoms with Crippen molar-refractivity contribution >= 4 is 28.9 Å². The average molecular weight is 536 g/mol. The number of thiazole rings is 1. The van der Waals surface area contributed by atoms with Crippen molar-refractivity contribution in [1.29, 1.82) is 0 Å². The van der Waals surface area contributed by atoms with E-state index in [4.69, 9.17) is 0 Å². The molecule has 9 heteroatoms. The third kappa shape index (κ3) is 6.35. The number of hydrogen-bond donors (Lipinski definition) is 3. The predicted molar refractivity (Wildman–Crippen MR) is 145 cm³/mol. The summed E-state index contributed by atoms with van der Waals surface area (Å²) in [5.41, 5.74) is 2.34. The Kier molecular flexibility index (Phi) is 9.04. The first-order valence-corrected chi connectivity index (χ1v) is 13.6. The zero-order valence-electron chi connectivity index (χ0n) is 21.4. The van der Waals surface area contributed by atoms with Crippen LogP contribution in [0.1, 0.15) is 41.6 Å². The number of aromatic nitrogens is 1. The number of benzene rings is 2. The minimum Gasteiger partial charge on any atom is -0.380 e. The lowest BCUT2D eigenvalue weighted by Crippen LogP contribution is -2.55. The van der Waals surface area contributed by atoms with E-state index in [0.717, 1.165) is 22.7 Å². The van der Waals surface area contributed by atoms with Gasteiger partial charge in [-0.3, -0.25) is 14.4 Å². The molecule has 0 unspecified atom stereocenters. The molecular formula is C29H33N3O5S. The van der Waals surface area contributed by atoms with E-state index in [-0.39, 0.29) is 25.4 Å². The highest BCUT2D eigenvalue weighted by molar-refractivity contribution is 7.09. The highest BCUT2D eigenvalue weighted by atomic mass is 32.1. The molecule has 3 N–H and O–H groups in total. The molecule has 1 aliphatic rings. The SMILES string of the molecule is CC(=O)C1(c2ccccc2)CCN(C(=O)[C@H](O)[C@@H](O)C(=O)NCCc2nc(Cc3ccccc3)cs2)CC1. The maximum absolute atomic E-state index is 12.9. The van der Waals surface area contributed by atoms with Gasteiger partial charge in [-0.05, 0) is 30.9 Å². The van der Waals surface area contributed by atoms with Crippen LogP contribution in [-0.4, -0.2) is 69.5 Å². The van der Waals surface area contributed by atoms with Crippen LogP contribution in [-0.2, 0) is 32.6 Å². The standard InChI is InChI=1S/C29H33N3O5S/c1-20(33)29(22-10-6-3-7-11-22)13-16-32(17-14-29)28(37)26(35)25(34)27(36)30-15-12-24-31-23(19-38-24)18-21-8-4-2-5-9-21/h2-11,19,25-26,34-35H,12-18H2,1H3,(H,30,36)/t25-,26-/m1/s1. The number of nitrogens with zero attached hydrogens (tertiary/aromatic N) is 2. The Morgan fingerprint density at radius 2 is 1.63 bits per heavy atom. The van der Waals surface area contributed by atoms with Crippen molar-refractivity contribution in [3.63, 3.8) is 0 Å². The minimum absolute atomic E-state index is 0.0307. The quantitative estimate of drug-likeness (QED) is 0.366. The number of likely N-dealkylation sites (tertiary alicyclic amines) is 1. The summed E-state index contributed by atoms with van der Waals surface area (Å²) < 4.78 is 0. The predicted octanol–water partition coefficient (Wildman–Crippen LogP) is 2.26. The summed E-state index contributed by atoms with van der Waals surface area (Å²) in [6, 6.07) is 19.5. The summed E-state index contributed by atoms with van der Waals surface area (Å²) in [7, 11) is 0. The van der Waals surface area contributed by atoms with Gasteiger partial charge >= 0.3 is 0 Å². The van der Waals surface area contributed by atoms with Crippen molar-refractivity contribution in [3.05, 3.63) is 87.9 Å². The van der Waals surface area contributed by atoms with Gasteiger partial charge in [0.1, 0.15) is 5.78 Å². The molecule has 2 heterocycles. The number of amides is 2. The molecule has 2 aromatic carbocycles. The van der Waals surface area contributed by atoms with E-state index in [1.807, 2.05) is 66.0 Å². The number of nitrogens with one attached hydrogen (secondary N) is 1. The minimum atomic E-state index is -1.89. The van der Waals surface area contributed by atoms with Gasteiger partial charge in [-0.25, -0.2) is 4.98 Å². The van der Waals surface area contributed by atoms with Crippen molar-refractivity contribution in [2.24, 2.45) is 0 Å². The maximum atomic E-state index is 12.9. The van der Waals surface area contributed by atoms with E-state index in [1.54, 1.807) is 6.92 Å². The van der Waals surface area contributed by atoms with Gasteiger partial charge in [-0.15, -0.1) is 11.3 Å². The highest BCUT2D eigenvalue weighted by Gasteiger charge is 2.43. The van der Waals surface area contributed by atoms with Crippen LogP contribution in [0.25, 0.3) is 0 Å². The second-order valence-corrected chi connectivity index (χ2v) is 10.6. The van der Waals surface area contributed by atoms with Crippen LogP contribution < -0.4 is 5.32 Å². The topological polar surface area (TPSA) is 120 Å². The Morgan fingerprint density at radius 1 is 1.00 bits per heavy atom. The van der Waals surface area contributed by atoms with Crippen molar-refractivity contribution < 1.29 is 24.6 Å². The molecule has 3 aromatic rings. The second-order valence-electron chi connectivity index (χ2n) is 9.66. The Balaban J connectivity index is 1.25. The largest absolute Gasteiger partial charge is 0.380 e. The van der Waals surface area contributed by atoms with Crippen molar-refractivity contribution in [1.82, 2.24) is 15.2 Å². The molecule has 2 atom stereocenters. The maximum Gasteiger partial charge on any atom is 0.254 e. The molecule has 1 saturated heterocycles. The number of carbonyl (C=O) groups is 3. The molecule has 0 bridgehead atoms. The van der Waals surface area contributed by atoms with E-state index in [9.17, 15) is 24.6 Å². The summed E-state index contributed by atoms with van der Waals surface area (Å²) in [6.07, 6.45) is -1.75. The van der Waals surface area contributed by atoms with E-state index >= 15 is 0 Å². The van der Waals surface area contributed by atoms with Crippen molar-refractivity contribution in [2.75, 3.05) is 19.6 Å². The number of piperidine rings is 1. The number of carbonyl (C=O) groups excluding carboxylic acids is 3. The zero-order chi connectivity index (χ0) is 27.1. The van der Waals surface area contributed by atoms with Crippen LogP contribution in [0.15, 0.2) is 66.0 Å². The number of rotatable bonds is 10. The molecular weight excluding hydrogens is 502 g/mol. The smallest absolute Gasteiger partial charge is 0.254 e. The van der Waals surface area contributed by atoms with Crippen LogP contribution in [0.5, 0.6) is 0 Å². The molecule has 0 aliphatic carbocycles. The van der Waals surface area contributed by atoms with E-state index in [2.05, 4.69) is 10.3 Å². The number of aliphatic hydroxyl groups excluding tert-OH is 2. The molecule has 38 heavy (non-hydrogen) atoms. The second kappa shape index (κ2) is 12.4. The van der Waals surface area contributed by atoms with Gasteiger partial charge in [0.05, 0.1) is 16.1 Å². The number of Topliss-reactive ketones (excluding diaryl/α,β-unsaturated/α-hetero) is 1. The fourth-order valence-corrected chi connectivity index (χ4v) is 5.72. The Morgan fingerprint density at radius 3 is 2.26 bits per heavy atom. The van der Waals surface area contributed by atoms with Crippen LogP contribution in [0, 0.1) is 0 Å². The zero-order valence-corrected chi connectivity index (χ0v) is 22.2. The van der Waals surface area contributed by atoms with Crippen LogP contribution in [0.2, 0.25) is 0 Å². The third-order valence-electron chi connectivity index (χ3n) is 7.22. The lowest BCUT2D eigenvalue weighted by atomic mass is 9.70. The molecule has 0 spiro atoms. The van der Waals surface area contributed by atoms with Gasteiger partial charge in [0.15, 0.2) is 12.2 Å². The first kappa shape index (κ1) is 27.6. The number of ketones is 1. The molecule has 0 radical (unpaired) electrons. The Labute approximate surface area is 226 Å². The van der Waals surface area contributed by atoms with Gasteiger partial charge in [0, 0.05) is 37.9 Å². The van der Waals surface area contributed by atoms with E-state index in [0.29, 0.717) is 19.3 Å². The van der Waals surface area contributed by atoms with Gasteiger partial charge in [-0.2, -0.15) is 0 Å². The number of aliphatic hydroxyl groups is 2. The van der Waals surface area contributed by atoms with Crippen molar-refractivity contribution in [2.45, 2.75) is 50.2 Å². The molecule has 8 nitrogen and oxygen atoms in total. The van der Waals surface area contributed by atoms with Crippen LogP contribution in [0.3, 0.4) is 0 Å². The fraction of sp³-hybridized carbons (Fsp3) is 0.379. The van der Waals surface area contributed by atoms with Gasteiger partial charge in [-0.1, -0.05) is 60.7 Å². The van der Waals surface area contributed by atoms with Gasteiger partial charge in [0.2, 0.25) is 0 Å². The van der Waals surface area contributed by atoms with Crippen molar-refractivity contribution in [3.8, 4) is 0 Å². The first-order chi connectivity index (χ1) is 18.3. The molecule has 2 amide bonds. The summed E-state index contributed by atoms with van der Waals surface area (Å²) in [4.78, 5) is 43.9. The molecule has 200 valence electrons. The summed E-state index contributed by atoms with van der Waals surface area (Å²) in [6.45, 7) is 2.27. The third-order valence-corrected chi connectivity index (χ3v) is 8.17. The Bertz CT molecular complexity index is 1240. The molecule has 0 saturated carbocycles. The molecule has 4 rings (SSSR count). The lowest BCUT2D eigenvalue weighted by molar-refractivity contribution is -0.154. The van der Waals surface area contributed by atoms with E-state index < -0.39 is 29.4 Å². The average Bonchev–Trinajstić information content (AvgIpc) is 3.39. The molecule has 1 fully saturated rings. The van der Waals surface area contributed by atoms with Gasteiger partial charge in [0.25, 0.3) is 11.8 Å². The molecule has 1 aromatic heterocycles. The first-order valence-electron chi connectivity index (χ1n) is 12.8. The highest BCUT2D eigenvalue weighted by Crippen LogP contribution is 2.36. The monoisotopic (exact) mass is 535 g/mol. The van der Waals surface area contributed by atoms with E-state index in [1.165, 1.54) is 21.8 Å². The fourth-order valence-electron chi connectivity index (χ4n) is 4.92. The molecule has 1 aliphatic heterocycles.